The third kappa shape index (κ3) is 5.92. The number of benzene rings is 1. The first kappa shape index (κ1) is 17.7. The van der Waals surface area contributed by atoms with Gasteiger partial charge >= 0.3 is 0 Å². The topological polar surface area (TPSA) is 84.2 Å². The Balaban J connectivity index is 0.00000324. The number of aryl methyl sites for hydroxylation is 1. The smallest absolute Gasteiger partial charge is 0.243 e. The van der Waals surface area contributed by atoms with E-state index in [0.717, 1.165) is 5.56 Å². The van der Waals surface area contributed by atoms with Gasteiger partial charge in [0.05, 0.1) is 23.3 Å². The maximum Gasteiger partial charge on any atom is 0.243 e. The minimum absolute atomic E-state index is 0. The molecule has 0 heterocycles. The molecule has 1 aromatic carbocycles. The zero-order chi connectivity index (χ0) is 13.7. The molecule has 19 heavy (non-hydrogen) atoms. The van der Waals surface area contributed by atoms with Crippen molar-refractivity contribution in [2.75, 3.05) is 11.9 Å². The molecule has 0 bridgehead atoms. The van der Waals surface area contributed by atoms with E-state index in [9.17, 15) is 9.59 Å². The van der Waals surface area contributed by atoms with Crippen LogP contribution in [0.4, 0.5) is 5.69 Å². The fourth-order valence-electron chi connectivity index (χ4n) is 1.24. The Morgan fingerprint density at radius 2 is 2.05 bits per heavy atom. The van der Waals surface area contributed by atoms with E-state index in [1.54, 1.807) is 19.1 Å². The Morgan fingerprint density at radius 1 is 1.42 bits per heavy atom. The van der Waals surface area contributed by atoms with Crippen LogP contribution in [0.2, 0.25) is 5.02 Å². The van der Waals surface area contributed by atoms with Gasteiger partial charge in [-0.2, -0.15) is 0 Å². The zero-order valence-corrected chi connectivity index (χ0v) is 12.3. The van der Waals surface area contributed by atoms with Crippen molar-refractivity contribution in [2.45, 2.75) is 19.9 Å². The molecule has 4 N–H and O–H groups in total. The molecule has 1 aromatic rings. The summed E-state index contributed by atoms with van der Waals surface area (Å²) in [6.07, 6.45) is 0. The second kappa shape index (κ2) is 7.99. The van der Waals surface area contributed by atoms with Gasteiger partial charge in [-0.3, -0.25) is 9.59 Å². The molecule has 0 saturated carbocycles. The number of anilines is 1. The van der Waals surface area contributed by atoms with Crippen molar-refractivity contribution >= 4 is 41.5 Å². The fourth-order valence-corrected chi connectivity index (χ4v) is 1.53. The Kier molecular flexibility index (Phi) is 7.44. The van der Waals surface area contributed by atoms with Crippen LogP contribution in [-0.4, -0.2) is 24.4 Å². The van der Waals surface area contributed by atoms with E-state index in [2.05, 4.69) is 10.6 Å². The van der Waals surface area contributed by atoms with Gasteiger partial charge in [0, 0.05) is 0 Å². The molecule has 0 radical (unpaired) electrons. The van der Waals surface area contributed by atoms with Crippen LogP contribution in [0.15, 0.2) is 18.2 Å². The van der Waals surface area contributed by atoms with E-state index >= 15 is 0 Å². The van der Waals surface area contributed by atoms with Crippen molar-refractivity contribution in [1.82, 2.24) is 5.32 Å². The number of amides is 2. The molecule has 0 aliphatic carbocycles. The van der Waals surface area contributed by atoms with Crippen molar-refractivity contribution in [3.8, 4) is 0 Å². The van der Waals surface area contributed by atoms with Crippen LogP contribution in [0.5, 0.6) is 0 Å². The monoisotopic (exact) mass is 305 g/mol. The van der Waals surface area contributed by atoms with Crippen LogP contribution in [0.3, 0.4) is 0 Å². The molecule has 0 aliphatic heterocycles. The van der Waals surface area contributed by atoms with Gasteiger partial charge in [-0.25, -0.2) is 0 Å². The molecule has 0 spiro atoms. The summed E-state index contributed by atoms with van der Waals surface area (Å²) in [7, 11) is 0. The lowest BCUT2D eigenvalue weighted by Crippen LogP contribution is -2.41. The lowest BCUT2D eigenvalue weighted by molar-refractivity contribution is -0.124. The molecule has 5 nitrogen and oxygen atoms in total. The Bertz CT molecular complexity index is 464. The van der Waals surface area contributed by atoms with Gasteiger partial charge in [-0.1, -0.05) is 17.7 Å². The van der Waals surface area contributed by atoms with Gasteiger partial charge in [-0.15, -0.1) is 12.4 Å². The van der Waals surface area contributed by atoms with Crippen LogP contribution in [0, 0.1) is 6.92 Å². The molecule has 0 unspecified atom stereocenters. The molecule has 1 rings (SSSR count). The Morgan fingerprint density at radius 3 is 2.58 bits per heavy atom. The number of carbonyl (C=O) groups is 2. The molecule has 2 amide bonds. The van der Waals surface area contributed by atoms with Crippen molar-refractivity contribution in [3.05, 3.63) is 28.8 Å². The average Bonchev–Trinajstić information content (AvgIpc) is 2.29. The molecule has 0 saturated heterocycles. The van der Waals surface area contributed by atoms with Crippen molar-refractivity contribution in [2.24, 2.45) is 5.73 Å². The second-order valence-corrected chi connectivity index (χ2v) is 4.45. The van der Waals surface area contributed by atoms with E-state index in [4.69, 9.17) is 17.3 Å². The maximum atomic E-state index is 11.6. The quantitative estimate of drug-likeness (QED) is 0.787. The predicted octanol–water partition coefficient (Wildman–Crippen LogP) is 1.47. The van der Waals surface area contributed by atoms with Crippen LogP contribution in [-0.2, 0) is 9.59 Å². The summed E-state index contributed by atoms with van der Waals surface area (Å²) in [5.74, 6) is -0.727. The highest BCUT2D eigenvalue weighted by Gasteiger charge is 2.10. The van der Waals surface area contributed by atoms with Crippen LogP contribution in [0.25, 0.3) is 0 Å². The molecule has 7 heteroatoms. The summed E-state index contributed by atoms with van der Waals surface area (Å²) in [5.41, 5.74) is 6.87. The maximum absolute atomic E-state index is 11.6. The van der Waals surface area contributed by atoms with E-state index in [1.807, 2.05) is 13.0 Å². The summed E-state index contributed by atoms with van der Waals surface area (Å²) >= 11 is 5.96. The van der Waals surface area contributed by atoms with Gasteiger partial charge < -0.3 is 16.4 Å². The summed E-state index contributed by atoms with van der Waals surface area (Å²) in [6.45, 7) is 3.31. The fraction of sp³-hybridized carbons (Fsp3) is 0.333. The van der Waals surface area contributed by atoms with Crippen LogP contribution >= 0.6 is 24.0 Å². The Hall–Kier alpha value is -1.30. The molecule has 106 valence electrons. The second-order valence-electron chi connectivity index (χ2n) is 4.04. The van der Waals surface area contributed by atoms with E-state index < -0.39 is 6.04 Å². The summed E-state index contributed by atoms with van der Waals surface area (Å²) in [5, 5.41) is 5.48. The third-order valence-corrected chi connectivity index (χ3v) is 2.55. The first-order valence-electron chi connectivity index (χ1n) is 5.49. The Labute approximate surface area is 123 Å². The number of nitrogens with two attached hydrogens (primary N) is 1. The van der Waals surface area contributed by atoms with Gasteiger partial charge in [0.2, 0.25) is 11.8 Å². The van der Waals surface area contributed by atoms with Crippen molar-refractivity contribution in [3.63, 3.8) is 0 Å². The highest BCUT2D eigenvalue weighted by molar-refractivity contribution is 6.33. The standard InChI is InChI=1S/C12H16ClN3O2.ClH/c1-7-3-4-10(9(13)5-7)16-11(17)6-15-12(18)8(2)14;/h3-5,8H,6,14H2,1-2H3,(H,15,18)(H,16,17);1H/t8-;/m1./s1. The molecule has 0 aromatic heterocycles. The van der Waals surface area contributed by atoms with Gasteiger partial charge in [0.1, 0.15) is 0 Å². The van der Waals surface area contributed by atoms with Gasteiger partial charge in [0.25, 0.3) is 0 Å². The molecular formula is C12H17Cl2N3O2. The van der Waals surface area contributed by atoms with E-state index in [0.29, 0.717) is 10.7 Å². The van der Waals surface area contributed by atoms with Crippen molar-refractivity contribution < 1.29 is 9.59 Å². The number of carbonyl (C=O) groups excluding carboxylic acids is 2. The molecular weight excluding hydrogens is 289 g/mol. The molecule has 0 aliphatic rings. The highest BCUT2D eigenvalue weighted by atomic mass is 35.5. The molecule has 1 atom stereocenters. The van der Waals surface area contributed by atoms with Crippen LogP contribution < -0.4 is 16.4 Å². The normalized spacial score (nSPS) is 11.2. The van der Waals surface area contributed by atoms with E-state index in [1.165, 1.54) is 0 Å². The number of halogens is 2. The lowest BCUT2D eigenvalue weighted by Gasteiger charge is -2.10. The minimum atomic E-state index is -0.638. The first-order chi connectivity index (χ1) is 8.40. The number of nitrogens with one attached hydrogen (secondary N) is 2. The summed E-state index contributed by atoms with van der Waals surface area (Å²) in [6, 6.07) is 4.66. The van der Waals surface area contributed by atoms with Crippen molar-refractivity contribution in [1.29, 1.82) is 0 Å². The summed E-state index contributed by atoms with van der Waals surface area (Å²) < 4.78 is 0. The van der Waals surface area contributed by atoms with Gasteiger partial charge in [0.15, 0.2) is 0 Å². The lowest BCUT2D eigenvalue weighted by atomic mass is 10.2. The van der Waals surface area contributed by atoms with E-state index in [-0.39, 0.29) is 30.8 Å². The SMILES string of the molecule is Cc1ccc(NC(=O)CNC(=O)[C@@H](C)N)c(Cl)c1.Cl. The highest BCUT2D eigenvalue weighted by Crippen LogP contribution is 2.22. The van der Waals surface area contributed by atoms with Gasteiger partial charge in [-0.05, 0) is 31.5 Å². The first-order valence-corrected chi connectivity index (χ1v) is 5.87. The number of hydrogen-bond donors (Lipinski definition) is 3. The predicted molar refractivity (Wildman–Crippen MR) is 78.7 cm³/mol. The average molecular weight is 306 g/mol. The minimum Gasteiger partial charge on any atom is -0.346 e. The summed E-state index contributed by atoms with van der Waals surface area (Å²) in [4.78, 5) is 22.7. The van der Waals surface area contributed by atoms with Crippen LogP contribution in [0.1, 0.15) is 12.5 Å². The zero-order valence-electron chi connectivity index (χ0n) is 10.7. The third-order valence-electron chi connectivity index (χ3n) is 2.24. The molecule has 0 fully saturated rings. The number of rotatable bonds is 4. The largest absolute Gasteiger partial charge is 0.346 e. The number of hydrogen-bond acceptors (Lipinski definition) is 3.